The van der Waals surface area contributed by atoms with Crippen LogP contribution in [0.25, 0.3) is 33.1 Å². The van der Waals surface area contributed by atoms with Crippen LogP contribution in [0.15, 0.2) is 30.9 Å². The highest BCUT2D eigenvalue weighted by molar-refractivity contribution is 6.10. The smallest absolute Gasteiger partial charge is 0.183 e. The van der Waals surface area contributed by atoms with E-state index in [0.29, 0.717) is 11.4 Å². The molecule has 4 aromatic rings. The molecule has 1 aliphatic carbocycles. The predicted molar refractivity (Wildman–Crippen MR) is 106 cm³/mol. The third-order valence-corrected chi connectivity index (χ3v) is 5.43. The Hall–Kier alpha value is -3.40. The highest BCUT2D eigenvalue weighted by Crippen LogP contribution is 2.37. The summed E-state index contributed by atoms with van der Waals surface area (Å²) in [5, 5.41) is 15.7. The van der Waals surface area contributed by atoms with Crippen LogP contribution >= 0.6 is 0 Å². The number of nitriles is 1. The van der Waals surface area contributed by atoms with E-state index in [1.807, 2.05) is 25.6 Å². The number of aromatic nitrogens is 5. The largest absolute Gasteiger partial charge is 0.487 e. The van der Waals surface area contributed by atoms with E-state index in [-0.39, 0.29) is 6.10 Å². The minimum absolute atomic E-state index is 0.132. The average molecular weight is 372 g/mol. The Morgan fingerprint density at radius 3 is 2.75 bits per heavy atom. The number of ether oxygens (including phenoxy) is 1. The fraction of sp³-hybridized carbons (Fsp3) is 0.333. The number of aromatic amines is 1. The minimum Gasteiger partial charge on any atom is -0.487 e. The molecule has 7 heteroatoms. The molecule has 140 valence electrons. The molecule has 0 radical (unpaired) electrons. The van der Waals surface area contributed by atoms with Gasteiger partial charge in [0.05, 0.1) is 29.4 Å². The number of rotatable bonds is 3. The number of fused-ring (bicyclic) bond motifs is 3. The van der Waals surface area contributed by atoms with Crippen molar-refractivity contribution in [2.75, 3.05) is 0 Å². The molecule has 4 aromatic heterocycles. The summed E-state index contributed by atoms with van der Waals surface area (Å²) >= 11 is 0. The molecule has 0 aliphatic heterocycles. The van der Waals surface area contributed by atoms with Gasteiger partial charge in [-0.15, -0.1) is 0 Å². The second-order valence-corrected chi connectivity index (χ2v) is 7.36. The lowest BCUT2D eigenvalue weighted by Gasteiger charge is -2.23. The van der Waals surface area contributed by atoms with Gasteiger partial charge < -0.3 is 9.72 Å². The summed E-state index contributed by atoms with van der Waals surface area (Å²) in [6.07, 6.45) is 13.0. The van der Waals surface area contributed by atoms with Crippen LogP contribution in [-0.2, 0) is 7.05 Å². The first-order chi connectivity index (χ1) is 13.7. The quantitative estimate of drug-likeness (QED) is 0.584. The molecule has 0 bridgehead atoms. The fourth-order valence-corrected chi connectivity index (χ4v) is 4.01. The molecular weight excluding hydrogens is 352 g/mol. The van der Waals surface area contributed by atoms with E-state index in [1.54, 1.807) is 10.9 Å². The first-order valence-electron chi connectivity index (χ1n) is 9.59. The van der Waals surface area contributed by atoms with Crippen LogP contribution in [0, 0.1) is 11.3 Å². The van der Waals surface area contributed by atoms with Gasteiger partial charge in [0, 0.05) is 36.0 Å². The van der Waals surface area contributed by atoms with Crippen molar-refractivity contribution in [3.05, 3.63) is 36.5 Å². The number of nitrogens with zero attached hydrogens (tertiary/aromatic N) is 5. The summed E-state index contributed by atoms with van der Waals surface area (Å²) in [7, 11) is 1.89. The zero-order chi connectivity index (χ0) is 19.1. The van der Waals surface area contributed by atoms with Gasteiger partial charge in [-0.1, -0.05) is 6.42 Å². The van der Waals surface area contributed by atoms with Gasteiger partial charge in [0.2, 0.25) is 0 Å². The van der Waals surface area contributed by atoms with E-state index in [2.05, 4.69) is 32.2 Å². The molecule has 1 aliphatic rings. The van der Waals surface area contributed by atoms with E-state index in [4.69, 9.17) is 4.74 Å². The van der Waals surface area contributed by atoms with Crippen LogP contribution in [0.2, 0.25) is 0 Å². The van der Waals surface area contributed by atoms with Crippen LogP contribution in [0.3, 0.4) is 0 Å². The number of hydrogen-bond donors (Lipinski definition) is 1. The summed E-state index contributed by atoms with van der Waals surface area (Å²) in [4.78, 5) is 12.2. The van der Waals surface area contributed by atoms with Crippen molar-refractivity contribution in [3.63, 3.8) is 0 Å². The van der Waals surface area contributed by atoms with Gasteiger partial charge in [-0.3, -0.25) is 4.68 Å². The molecule has 4 heterocycles. The number of aryl methyl sites for hydroxylation is 1. The first kappa shape index (κ1) is 16.8. The normalized spacial score (nSPS) is 15.1. The van der Waals surface area contributed by atoms with E-state index in [9.17, 15) is 5.26 Å². The monoisotopic (exact) mass is 372 g/mol. The molecule has 0 amide bonds. The Morgan fingerprint density at radius 1 is 1.14 bits per heavy atom. The second-order valence-electron chi connectivity index (χ2n) is 7.36. The van der Waals surface area contributed by atoms with Crippen molar-refractivity contribution in [1.29, 1.82) is 5.26 Å². The summed E-state index contributed by atoms with van der Waals surface area (Å²) in [6, 6.07) is 4.27. The maximum Gasteiger partial charge on any atom is 0.183 e. The third-order valence-electron chi connectivity index (χ3n) is 5.43. The number of pyridine rings is 2. The maximum atomic E-state index is 9.62. The topological polar surface area (TPSA) is 92.4 Å². The zero-order valence-corrected chi connectivity index (χ0v) is 15.6. The number of H-pyrrole nitrogens is 1. The Bertz CT molecular complexity index is 1210. The SMILES string of the molecule is Cn1cc(-c2cnc3[nH]c4cnc(C#N)c(OC5CCCCC5)c4c3c2)cn1. The summed E-state index contributed by atoms with van der Waals surface area (Å²) < 4.78 is 8.13. The molecular formula is C21H20N6O. The number of hydrogen-bond acceptors (Lipinski definition) is 5. The summed E-state index contributed by atoms with van der Waals surface area (Å²) in [5.74, 6) is 0.572. The Labute approximate surface area is 162 Å². The van der Waals surface area contributed by atoms with Crippen LogP contribution in [-0.4, -0.2) is 30.8 Å². The molecule has 0 atom stereocenters. The Balaban J connectivity index is 1.70. The van der Waals surface area contributed by atoms with E-state index >= 15 is 0 Å². The molecule has 0 spiro atoms. The van der Waals surface area contributed by atoms with Crippen molar-refractivity contribution in [2.45, 2.75) is 38.2 Å². The van der Waals surface area contributed by atoms with Gasteiger partial charge in [-0.25, -0.2) is 9.97 Å². The van der Waals surface area contributed by atoms with Crippen molar-refractivity contribution in [3.8, 4) is 22.9 Å². The van der Waals surface area contributed by atoms with Crippen molar-refractivity contribution >= 4 is 21.9 Å². The highest BCUT2D eigenvalue weighted by Gasteiger charge is 2.22. The van der Waals surface area contributed by atoms with E-state index in [0.717, 1.165) is 58.7 Å². The fourth-order valence-electron chi connectivity index (χ4n) is 4.01. The molecule has 0 unspecified atom stereocenters. The lowest BCUT2D eigenvalue weighted by atomic mass is 9.97. The average Bonchev–Trinajstić information content (AvgIpc) is 3.32. The van der Waals surface area contributed by atoms with Crippen LogP contribution < -0.4 is 4.74 Å². The minimum atomic E-state index is 0.132. The molecule has 28 heavy (non-hydrogen) atoms. The standard InChI is InChI=1S/C21H20N6O/c1-27-12-14(10-25-27)13-7-16-19-18(26-21(16)24-9-13)11-23-17(8-22)20(19)28-15-5-3-2-4-6-15/h7,9-12,15H,2-6H2,1H3,(H,24,26). The van der Waals surface area contributed by atoms with Crippen LogP contribution in [0.1, 0.15) is 37.8 Å². The molecule has 1 fully saturated rings. The van der Waals surface area contributed by atoms with Crippen molar-refractivity contribution < 1.29 is 4.74 Å². The van der Waals surface area contributed by atoms with Gasteiger partial charge in [-0.05, 0) is 31.7 Å². The molecule has 0 saturated heterocycles. The lowest BCUT2D eigenvalue weighted by molar-refractivity contribution is 0.156. The van der Waals surface area contributed by atoms with E-state index < -0.39 is 0 Å². The second kappa shape index (κ2) is 6.64. The molecule has 5 rings (SSSR count). The summed E-state index contributed by atoms with van der Waals surface area (Å²) in [6.45, 7) is 0. The maximum absolute atomic E-state index is 9.62. The predicted octanol–water partition coefficient (Wildman–Crippen LogP) is 4.09. The number of nitrogens with one attached hydrogen (secondary N) is 1. The molecule has 1 saturated carbocycles. The van der Waals surface area contributed by atoms with Gasteiger partial charge in [0.1, 0.15) is 11.7 Å². The summed E-state index contributed by atoms with van der Waals surface area (Å²) in [5.41, 5.74) is 3.88. The zero-order valence-electron chi connectivity index (χ0n) is 15.6. The lowest BCUT2D eigenvalue weighted by Crippen LogP contribution is -2.20. The molecule has 7 nitrogen and oxygen atoms in total. The van der Waals surface area contributed by atoms with Gasteiger partial charge >= 0.3 is 0 Å². The third kappa shape index (κ3) is 2.78. The van der Waals surface area contributed by atoms with Crippen LogP contribution in [0.5, 0.6) is 5.75 Å². The Kier molecular flexibility index (Phi) is 3.97. The van der Waals surface area contributed by atoms with Gasteiger partial charge in [0.25, 0.3) is 0 Å². The van der Waals surface area contributed by atoms with Crippen molar-refractivity contribution in [1.82, 2.24) is 24.7 Å². The van der Waals surface area contributed by atoms with Crippen molar-refractivity contribution in [2.24, 2.45) is 7.05 Å². The van der Waals surface area contributed by atoms with Gasteiger partial charge in [-0.2, -0.15) is 10.4 Å². The Morgan fingerprint density at radius 2 is 2.00 bits per heavy atom. The highest BCUT2D eigenvalue weighted by atomic mass is 16.5. The van der Waals surface area contributed by atoms with E-state index in [1.165, 1.54) is 6.42 Å². The molecule has 0 aromatic carbocycles. The molecule has 1 N–H and O–H groups in total. The van der Waals surface area contributed by atoms with Crippen LogP contribution in [0.4, 0.5) is 0 Å². The first-order valence-corrected chi connectivity index (χ1v) is 9.59. The van der Waals surface area contributed by atoms with Gasteiger partial charge in [0.15, 0.2) is 11.4 Å².